The van der Waals surface area contributed by atoms with Crippen LogP contribution in [0.1, 0.15) is 15.9 Å². The second-order valence-corrected chi connectivity index (χ2v) is 7.18. The number of nitrogens with zero attached hydrogens (tertiary/aromatic N) is 4. The Labute approximate surface area is 156 Å². The van der Waals surface area contributed by atoms with E-state index in [1.165, 1.54) is 5.56 Å². The number of methoxy groups -OCH3 is 1. The number of carbonyl (C=O) groups is 1. The fourth-order valence-corrected chi connectivity index (χ4v) is 4.24. The van der Waals surface area contributed by atoms with E-state index in [4.69, 9.17) is 4.74 Å². The van der Waals surface area contributed by atoms with Crippen LogP contribution >= 0.6 is 11.3 Å². The molecule has 6 nitrogen and oxygen atoms in total. The molecule has 134 valence electrons. The Kier molecular flexibility index (Phi) is 4.46. The number of ether oxygens (including phenoxy) is 1. The van der Waals surface area contributed by atoms with Gasteiger partial charge in [0.05, 0.1) is 17.3 Å². The molecule has 4 rings (SSSR count). The first-order valence-electron chi connectivity index (χ1n) is 8.54. The van der Waals surface area contributed by atoms with Crippen LogP contribution in [-0.2, 0) is 0 Å². The predicted octanol–water partition coefficient (Wildman–Crippen LogP) is 2.97. The monoisotopic (exact) mass is 368 g/mol. The van der Waals surface area contributed by atoms with Crippen molar-refractivity contribution in [3.8, 4) is 5.75 Å². The lowest BCUT2D eigenvalue weighted by molar-refractivity contribution is 0.0746. The Bertz CT molecular complexity index is 930. The van der Waals surface area contributed by atoms with Gasteiger partial charge >= 0.3 is 0 Å². The predicted molar refractivity (Wildman–Crippen MR) is 103 cm³/mol. The average Bonchev–Trinajstić information content (AvgIpc) is 3.09. The lowest BCUT2D eigenvalue weighted by Crippen LogP contribution is -2.49. The van der Waals surface area contributed by atoms with Crippen molar-refractivity contribution >= 4 is 33.3 Å². The van der Waals surface area contributed by atoms with Crippen molar-refractivity contribution in [2.45, 2.75) is 6.92 Å². The first kappa shape index (κ1) is 16.8. The number of piperazine rings is 1. The molecule has 1 saturated heterocycles. The minimum absolute atomic E-state index is 0.0621. The molecule has 7 heteroatoms. The molecular formula is C19H20N4O2S. The summed E-state index contributed by atoms with van der Waals surface area (Å²) in [5, 5.41) is 2.12. The summed E-state index contributed by atoms with van der Waals surface area (Å²) >= 11 is 1.68. The molecule has 1 fully saturated rings. The zero-order valence-corrected chi connectivity index (χ0v) is 15.6. The van der Waals surface area contributed by atoms with Gasteiger partial charge in [0, 0.05) is 31.7 Å². The van der Waals surface area contributed by atoms with Crippen molar-refractivity contribution < 1.29 is 9.53 Å². The third-order valence-electron chi connectivity index (χ3n) is 4.72. The highest BCUT2D eigenvalue weighted by Crippen LogP contribution is 2.31. The first-order valence-corrected chi connectivity index (χ1v) is 9.42. The number of anilines is 1. The Morgan fingerprint density at radius 1 is 1.12 bits per heavy atom. The highest BCUT2D eigenvalue weighted by atomic mass is 32.1. The quantitative estimate of drug-likeness (QED) is 0.711. The van der Waals surface area contributed by atoms with Crippen molar-refractivity contribution in [3.63, 3.8) is 0 Å². The Balaban J connectivity index is 1.47. The molecule has 0 saturated carbocycles. The molecule has 3 aromatic rings. The van der Waals surface area contributed by atoms with Crippen LogP contribution in [0.25, 0.3) is 10.2 Å². The SMILES string of the molecule is COc1ccc(C(=O)N2CCN(c3ncnc4c(C)csc34)CC2)cc1. The van der Waals surface area contributed by atoms with Crippen LogP contribution in [0.4, 0.5) is 5.82 Å². The second kappa shape index (κ2) is 6.92. The van der Waals surface area contributed by atoms with Crippen LogP contribution in [0.15, 0.2) is 36.0 Å². The lowest BCUT2D eigenvalue weighted by Gasteiger charge is -2.35. The first-order chi connectivity index (χ1) is 12.7. The zero-order chi connectivity index (χ0) is 18.1. The summed E-state index contributed by atoms with van der Waals surface area (Å²) in [7, 11) is 1.62. The number of aryl methyl sites for hydroxylation is 1. The number of aromatic nitrogens is 2. The molecule has 0 bridgehead atoms. The maximum atomic E-state index is 12.7. The number of fused-ring (bicyclic) bond motifs is 1. The van der Waals surface area contributed by atoms with Gasteiger partial charge in [-0.2, -0.15) is 0 Å². The van der Waals surface area contributed by atoms with E-state index in [0.29, 0.717) is 18.7 Å². The van der Waals surface area contributed by atoms with E-state index in [-0.39, 0.29) is 5.91 Å². The molecule has 0 N–H and O–H groups in total. The van der Waals surface area contributed by atoms with Gasteiger partial charge < -0.3 is 14.5 Å². The molecular weight excluding hydrogens is 348 g/mol. The summed E-state index contributed by atoms with van der Waals surface area (Å²) in [6, 6.07) is 7.27. The molecule has 26 heavy (non-hydrogen) atoms. The molecule has 2 aromatic heterocycles. The molecule has 3 heterocycles. The maximum Gasteiger partial charge on any atom is 0.253 e. The number of hydrogen-bond donors (Lipinski definition) is 0. The van der Waals surface area contributed by atoms with Gasteiger partial charge in [0.2, 0.25) is 0 Å². The number of carbonyl (C=O) groups excluding carboxylic acids is 1. The number of rotatable bonds is 3. The highest BCUT2D eigenvalue weighted by molar-refractivity contribution is 7.18. The Morgan fingerprint density at radius 3 is 2.54 bits per heavy atom. The number of hydrogen-bond acceptors (Lipinski definition) is 6. The Hall–Kier alpha value is -2.67. The van der Waals surface area contributed by atoms with E-state index in [1.54, 1.807) is 24.8 Å². The molecule has 0 atom stereocenters. The molecule has 1 amide bonds. The van der Waals surface area contributed by atoms with Crippen LogP contribution < -0.4 is 9.64 Å². The zero-order valence-electron chi connectivity index (χ0n) is 14.8. The third-order valence-corrected chi connectivity index (χ3v) is 5.80. The Morgan fingerprint density at radius 2 is 1.85 bits per heavy atom. The van der Waals surface area contributed by atoms with Gasteiger partial charge in [0.15, 0.2) is 0 Å². The minimum atomic E-state index is 0.0621. The smallest absolute Gasteiger partial charge is 0.253 e. The summed E-state index contributed by atoms with van der Waals surface area (Å²) in [5.41, 5.74) is 2.90. The fraction of sp³-hybridized carbons (Fsp3) is 0.316. The normalized spacial score (nSPS) is 14.7. The van der Waals surface area contributed by atoms with Gasteiger partial charge in [-0.1, -0.05) is 0 Å². The number of thiophene rings is 1. The average molecular weight is 368 g/mol. The van der Waals surface area contributed by atoms with Crippen LogP contribution in [-0.4, -0.2) is 54.1 Å². The van der Waals surface area contributed by atoms with E-state index in [0.717, 1.165) is 34.9 Å². The van der Waals surface area contributed by atoms with Crippen molar-refractivity contribution in [2.24, 2.45) is 0 Å². The van der Waals surface area contributed by atoms with E-state index in [1.807, 2.05) is 29.2 Å². The van der Waals surface area contributed by atoms with Gasteiger partial charge in [-0.15, -0.1) is 11.3 Å². The van der Waals surface area contributed by atoms with Gasteiger partial charge in [0.1, 0.15) is 17.9 Å². The van der Waals surface area contributed by atoms with Crippen LogP contribution in [0.5, 0.6) is 5.75 Å². The summed E-state index contributed by atoms with van der Waals surface area (Å²) in [4.78, 5) is 25.7. The summed E-state index contributed by atoms with van der Waals surface area (Å²) in [6.07, 6.45) is 1.63. The van der Waals surface area contributed by atoms with E-state index >= 15 is 0 Å². The van der Waals surface area contributed by atoms with Crippen LogP contribution in [0.3, 0.4) is 0 Å². The lowest BCUT2D eigenvalue weighted by atomic mass is 10.1. The van der Waals surface area contributed by atoms with Gasteiger partial charge in [-0.3, -0.25) is 4.79 Å². The summed E-state index contributed by atoms with van der Waals surface area (Å²) in [5.74, 6) is 1.79. The number of benzene rings is 1. The second-order valence-electron chi connectivity index (χ2n) is 6.30. The molecule has 0 spiro atoms. The third kappa shape index (κ3) is 2.99. The molecule has 0 radical (unpaired) electrons. The van der Waals surface area contributed by atoms with Gasteiger partial charge in [0.25, 0.3) is 5.91 Å². The van der Waals surface area contributed by atoms with Crippen molar-refractivity contribution in [2.75, 3.05) is 38.2 Å². The largest absolute Gasteiger partial charge is 0.497 e. The van der Waals surface area contributed by atoms with Crippen LogP contribution in [0.2, 0.25) is 0 Å². The van der Waals surface area contributed by atoms with Crippen LogP contribution in [0, 0.1) is 6.92 Å². The molecule has 1 aromatic carbocycles. The van der Waals surface area contributed by atoms with Crippen molar-refractivity contribution in [1.29, 1.82) is 0 Å². The summed E-state index contributed by atoms with van der Waals surface area (Å²) < 4.78 is 6.28. The fourth-order valence-electron chi connectivity index (χ4n) is 3.22. The summed E-state index contributed by atoms with van der Waals surface area (Å²) in [6.45, 7) is 4.97. The number of amides is 1. The van der Waals surface area contributed by atoms with Gasteiger partial charge in [-0.05, 0) is 42.1 Å². The molecule has 0 aliphatic carbocycles. The topological polar surface area (TPSA) is 58.6 Å². The van der Waals surface area contributed by atoms with E-state index in [9.17, 15) is 4.79 Å². The molecule has 1 aliphatic heterocycles. The van der Waals surface area contributed by atoms with E-state index < -0.39 is 0 Å². The standard InChI is InChI=1S/C19H20N4O2S/c1-13-11-26-17-16(13)20-12-21-18(17)22-7-9-23(10-8-22)19(24)14-3-5-15(25-2)6-4-14/h3-6,11-12H,7-10H2,1-2H3. The van der Waals surface area contributed by atoms with Crippen molar-refractivity contribution in [3.05, 3.63) is 47.1 Å². The van der Waals surface area contributed by atoms with Crippen molar-refractivity contribution in [1.82, 2.24) is 14.9 Å². The van der Waals surface area contributed by atoms with Gasteiger partial charge in [-0.25, -0.2) is 9.97 Å². The molecule has 1 aliphatic rings. The van der Waals surface area contributed by atoms with E-state index in [2.05, 4.69) is 27.2 Å². The minimum Gasteiger partial charge on any atom is -0.497 e. The maximum absolute atomic E-state index is 12.7. The highest BCUT2D eigenvalue weighted by Gasteiger charge is 2.24. The molecule has 0 unspecified atom stereocenters.